The molecule has 0 saturated heterocycles. The molecule has 0 aliphatic carbocycles. The van der Waals surface area contributed by atoms with Gasteiger partial charge in [0, 0.05) is 17.1 Å². The van der Waals surface area contributed by atoms with Crippen molar-refractivity contribution in [3.63, 3.8) is 0 Å². The van der Waals surface area contributed by atoms with E-state index in [-0.39, 0.29) is 18.1 Å². The first kappa shape index (κ1) is 14.8. The molecule has 0 fully saturated rings. The van der Waals surface area contributed by atoms with E-state index in [0.717, 1.165) is 0 Å². The molecule has 0 aliphatic rings. The van der Waals surface area contributed by atoms with E-state index in [9.17, 15) is 9.18 Å². The van der Waals surface area contributed by atoms with E-state index in [1.165, 1.54) is 12.1 Å². The van der Waals surface area contributed by atoms with Crippen molar-refractivity contribution in [1.29, 1.82) is 0 Å². The highest BCUT2D eigenvalue weighted by Gasteiger charge is 2.11. The maximum absolute atomic E-state index is 13.5. The zero-order valence-corrected chi connectivity index (χ0v) is 12.2. The number of halogens is 3. The Kier molecular flexibility index (Phi) is 4.63. The molecular formula is C15H12Cl2FNO. The highest BCUT2D eigenvalue weighted by molar-refractivity contribution is 6.35. The van der Waals surface area contributed by atoms with Gasteiger partial charge >= 0.3 is 0 Å². The zero-order chi connectivity index (χ0) is 14.7. The van der Waals surface area contributed by atoms with Crippen LogP contribution in [0.3, 0.4) is 0 Å². The molecule has 20 heavy (non-hydrogen) atoms. The van der Waals surface area contributed by atoms with Gasteiger partial charge in [-0.1, -0.05) is 29.3 Å². The van der Waals surface area contributed by atoms with Crippen LogP contribution in [-0.2, 0) is 11.2 Å². The Hall–Kier alpha value is -1.58. The Morgan fingerprint density at radius 3 is 2.40 bits per heavy atom. The fraction of sp³-hybridized carbons (Fsp3) is 0.133. The van der Waals surface area contributed by atoms with Gasteiger partial charge in [-0.2, -0.15) is 0 Å². The lowest BCUT2D eigenvalue weighted by Gasteiger charge is -2.10. The first-order valence-electron chi connectivity index (χ1n) is 5.95. The smallest absolute Gasteiger partial charge is 0.224 e. The first-order valence-corrected chi connectivity index (χ1v) is 6.70. The third kappa shape index (κ3) is 3.50. The molecule has 2 aromatic carbocycles. The number of carbonyl (C=O) groups is 1. The number of rotatable bonds is 3. The minimum Gasteiger partial charge on any atom is -0.359 e. The molecule has 0 spiro atoms. The van der Waals surface area contributed by atoms with Crippen molar-refractivity contribution in [2.45, 2.75) is 6.42 Å². The molecule has 0 atom stereocenters. The predicted molar refractivity (Wildman–Crippen MR) is 79.6 cm³/mol. The van der Waals surface area contributed by atoms with Crippen LogP contribution in [0.15, 0.2) is 36.4 Å². The SMILES string of the molecule is CNC(=O)Cc1ccc(F)cc1-c1cc(Cl)cc(Cl)c1. The number of nitrogens with one attached hydrogen (secondary N) is 1. The van der Waals surface area contributed by atoms with E-state index in [1.54, 1.807) is 31.3 Å². The second-order valence-corrected chi connectivity index (χ2v) is 5.18. The summed E-state index contributed by atoms with van der Waals surface area (Å²) in [7, 11) is 1.56. The molecule has 0 aliphatic heterocycles. The molecule has 5 heteroatoms. The van der Waals surface area contributed by atoms with Gasteiger partial charge in [0.05, 0.1) is 6.42 Å². The predicted octanol–water partition coefficient (Wildman–Crippen LogP) is 4.09. The molecule has 2 rings (SSSR count). The van der Waals surface area contributed by atoms with Crippen LogP contribution in [0.1, 0.15) is 5.56 Å². The molecule has 1 N–H and O–H groups in total. The molecule has 0 saturated carbocycles. The summed E-state index contributed by atoms with van der Waals surface area (Å²) >= 11 is 11.9. The molecule has 0 heterocycles. The van der Waals surface area contributed by atoms with E-state index < -0.39 is 0 Å². The molecule has 0 aromatic heterocycles. The number of hydrogen-bond acceptors (Lipinski definition) is 1. The van der Waals surface area contributed by atoms with Gasteiger partial charge in [-0.05, 0) is 47.0 Å². The lowest BCUT2D eigenvalue weighted by molar-refractivity contribution is -0.119. The van der Waals surface area contributed by atoms with Crippen molar-refractivity contribution in [1.82, 2.24) is 5.32 Å². The Morgan fingerprint density at radius 2 is 1.80 bits per heavy atom. The fourth-order valence-electron chi connectivity index (χ4n) is 1.94. The lowest BCUT2D eigenvalue weighted by Crippen LogP contribution is -2.20. The van der Waals surface area contributed by atoms with E-state index in [1.807, 2.05) is 0 Å². The van der Waals surface area contributed by atoms with E-state index in [2.05, 4.69) is 5.32 Å². The lowest BCUT2D eigenvalue weighted by atomic mass is 9.97. The minimum atomic E-state index is -0.378. The summed E-state index contributed by atoms with van der Waals surface area (Å²) in [5, 5.41) is 3.47. The molecule has 0 bridgehead atoms. The Balaban J connectivity index is 2.53. The Bertz CT molecular complexity index is 638. The summed E-state index contributed by atoms with van der Waals surface area (Å²) in [6, 6.07) is 9.28. The Labute approximate surface area is 126 Å². The van der Waals surface area contributed by atoms with Gasteiger partial charge in [-0.15, -0.1) is 0 Å². The minimum absolute atomic E-state index is 0.147. The van der Waals surface area contributed by atoms with Crippen molar-refractivity contribution in [3.05, 3.63) is 57.8 Å². The van der Waals surface area contributed by atoms with Crippen molar-refractivity contribution >= 4 is 29.1 Å². The van der Waals surface area contributed by atoms with Gasteiger partial charge in [0.1, 0.15) is 5.82 Å². The highest BCUT2D eigenvalue weighted by Crippen LogP contribution is 2.30. The monoisotopic (exact) mass is 311 g/mol. The molecule has 0 unspecified atom stereocenters. The molecule has 104 valence electrons. The maximum Gasteiger partial charge on any atom is 0.224 e. The number of hydrogen-bond donors (Lipinski definition) is 1. The van der Waals surface area contributed by atoms with Crippen molar-refractivity contribution < 1.29 is 9.18 Å². The van der Waals surface area contributed by atoms with Gasteiger partial charge in [-0.3, -0.25) is 4.79 Å². The van der Waals surface area contributed by atoms with E-state index in [4.69, 9.17) is 23.2 Å². The number of benzene rings is 2. The molecular weight excluding hydrogens is 300 g/mol. The standard InChI is InChI=1S/C15H12Cl2FNO/c1-19-15(20)6-9-2-3-13(18)8-14(9)10-4-11(16)7-12(17)5-10/h2-5,7-8H,6H2,1H3,(H,19,20). The summed E-state index contributed by atoms with van der Waals surface area (Å²) in [6.45, 7) is 0. The molecule has 2 nitrogen and oxygen atoms in total. The Morgan fingerprint density at radius 1 is 1.15 bits per heavy atom. The van der Waals surface area contributed by atoms with Crippen LogP contribution in [0, 0.1) is 5.82 Å². The quantitative estimate of drug-likeness (QED) is 0.909. The van der Waals surface area contributed by atoms with Crippen molar-refractivity contribution in [3.8, 4) is 11.1 Å². The summed E-state index contributed by atoms with van der Waals surface area (Å²) < 4.78 is 13.5. The van der Waals surface area contributed by atoms with Crippen LogP contribution in [0.2, 0.25) is 10.0 Å². The molecule has 0 radical (unpaired) electrons. The average molecular weight is 312 g/mol. The van der Waals surface area contributed by atoms with Crippen LogP contribution >= 0.6 is 23.2 Å². The van der Waals surface area contributed by atoms with Crippen LogP contribution in [0.4, 0.5) is 4.39 Å². The fourth-order valence-corrected chi connectivity index (χ4v) is 2.47. The highest BCUT2D eigenvalue weighted by atomic mass is 35.5. The first-order chi connectivity index (χ1) is 9.49. The van der Waals surface area contributed by atoms with Gasteiger partial charge in [-0.25, -0.2) is 4.39 Å². The summed E-state index contributed by atoms with van der Waals surface area (Å²) in [5.41, 5.74) is 2.00. The van der Waals surface area contributed by atoms with E-state index >= 15 is 0 Å². The topological polar surface area (TPSA) is 29.1 Å². The third-order valence-electron chi connectivity index (χ3n) is 2.88. The number of carbonyl (C=O) groups excluding carboxylic acids is 1. The van der Waals surface area contributed by atoms with Gasteiger partial charge in [0.2, 0.25) is 5.91 Å². The van der Waals surface area contributed by atoms with Crippen LogP contribution in [0.25, 0.3) is 11.1 Å². The molecule has 1 amide bonds. The third-order valence-corrected chi connectivity index (χ3v) is 3.31. The van der Waals surface area contributed by atoms with Crippen LogP contribution in [0.5, 0.6) is 0 Å². The summed E-state index contributed by atoms with van der Waals surface area (Å²) in [6.07, 6.45) is 0.163. The normalized spacial score (nSPS) is 10.4. The number of amides is 1. The van der Waals surface area contributed by atoms with Crippen LogP contribution < -0.4 is 5.32 Å². The number of likely N-dealkylation sites (N-methyl/N-ethyl adjacent to an activating group) is 1. The maximum atomic E-state index is 13.5. The van der Waals surface area contributed by atoms with Gasteiger partial charge < -0.3 is 5.32 Å². The average Bonchev–Trinajstić information content (AvgIpc) is 2.39. The van der Waals surface area contributed by atoms with Crippen LogP contribution in [-0.4, -0.2) is 13.0 Å². The summed E-state index contributed by atoms with van der Waals surface area (Å²) in [4.78, 5) is 11.5. The second kappa shape index (κ2) is 6.25. The second-order valence-electron chi connectivity index (χ2n) is 4.31. The van der Waals surface area contributed by atoms with E-state index in [0.29, 0.717) is 26.7 Å². The summed E-state index contributed by atoms with van der Waals surface area (Å²) in [5.74, 6) is -0.525. The van der Waals surface area contributed by atoms with Crippen molar-refractivity contribution in [2.24, 2.45) is 0 Å². The van der Waals surface area contributed by atoms with Crippen molar-refractivity contribution in [2.75, 3.05) is 7.05 Å². The van der Waals surface area contributed by atoms with Gasteiger partial charge in [0.25, 0.3) is 0 Å². The molecule has 2 aromatic rings. The largest absolute Gasteiger partial charge is 0.359 e. The zero-order valence-electron chi connectivity index (χ0n) is 10.7. The van der Waals surface area contributed by atoms with Gasteiger partial charge in [0.15, 0.2) is 0 Å².